The Balaban J connectivity index is 1.43. The van der Waals surface area contributed by atoms with Crippen molar-refractivity contribution in [2.75, 3.05) is 23.3 Å². The third-order valence-electron chi connectivity index (χ3n) is 5.41. The largest absolute Gasteiger partial charge is 0.341 e. The van der Waals surface area contributed by atoms with Crippen LogP contribution in [0.1, 0.15) is 62.4 Å². The van der Waals surface area contributed by atoms with E-state index < -0.39 is 0 Å². The van der Waals surface area contributed by atoms with Crippen LogP contribution in [0, 0.1) is 0 Å². The second-order valence-corrected chi connectivity index (χ2v) is 9.12. The predicted octanol–water partition coefficient (Wildman–Crippen LogP) is 3.93. The van der Waals surface area contributed by atoms with Gasteiger partial charge in [-0.05, 0) is 70.2 Å². The number of nitrogens with one attached hydrogen (secondary N) is 1. The molecular formula is C21H27N5O2S. The van der Waals surface area contributed by atoms with Crippen LogP contribution < -0.4 is 10.2 Å². The fourth-order valence-corrected chi connectivity index (χ4v) is 4.47. The molecule has 8 heteroatoms. The van der Waals surface area contributed by atoms with Gasteiger partial charge in [-0.15, -0.1) is 10.2 Å². The van der Waals surface area contributed by atoms with Crippen LogP contribution in [0.4, 0.5) is 11.6 Å². The number of benzene rings is 1. The summed E-state index contributed by atoms with van der Waals surface area (Å²) in [5.74, 6) is 0.883. The lowest BCUT2D eigenvalue weighted by Gasteiger charge is -2.28. The van der Waals surface area contributed by atoms with Gasteiger partial charge in [0.05, 0.1) is 5.25 Å². The number of aromatic nitrogens is 3. The quantitative estimate of drug-likeness (QED) is 0.547. The van der Waals surface area contributed by atoms with E-state index in [2.05, 4.69) is 25.0 Å². The van der Waals surface area contributed by atoms with Gasteiger partial charge in [0.15, 0.2) is 10.9 Å². The Morgan fingerprint density at radius 2 is 1.79 bits per heavy atom. The maximum atomic E-state index is 12.7. The number of thioether (sulfide) groups is 1. The minimum absolute atomic E-state index is 0.00993. The van der Waals surface area contributed by atoms with Gasteiger partial charge in [-0.2, -0.15) is 0 Å². The van der Waals surface area contributed by atoms with Crippen molar-refractivity contribution in [1.29, 1.82) is 0 Å². The van der Waals surface area contributed by atoms with E-state index in [1.807, 2.05) is 6.92 Å². The minimum Gasteiger partial charge on any atom is -0.341 e. The lowest BCUT2D eigenvalue weighted by molar-refractivity contribution is -0.115. The first-order chi connectivity index (χ1) is 14.0. The highest BCUT2D eigenvalue weighted by atomic mass is 32.2. The van der Waals surface area contributed by atoms with Crippen LogP contribution in [-0.4, -0.2) is 44.8 Å². The number of carbonyl (C=O) groups excluding carboxylic acids is 2. The fourth-order valence-electron chi connectivity index (χ4n) is 3.56. The summed E-state index contributed by atoms with van der Waals surface area (Å²) < 4.78 is 2.24. The van der Waals surface area contributed by atoms with Gasteiger partial charge in [-0.1, -0.05) is 11.8 Å². The maximum Gasteiger partial charge on any atom is 0.237 e. The molecule has 0 bridgehead atoms. The van der Waals surface area contributed by atoms with Crippen molar-refractivity contribution in [3.05, 3.63) is 29.8 Å². The molecule has 1 saturated heterocycles. The zero-order chi connectivity index (χ0) is 20.4. The number of anilines is 2. The summed E-state index contributed by atoms with van der Waals surface area (Å²) in [7, 11) is 0. The number of piperidine rings is 1. The molecule has 1 atom stereocenters. The Morgan fingerprint density at radius 3 is 2.41 bits per heavy atom. The Labute approximate surface area is 175 Å². The number of Topliss-reactive ketones (excluding diaryl/α,β-unsaturated/α-hetero) is 1. The highest BCUT2D eigenvalue weighted by molar-refractivity contribution is 8.00. The molecule has 154 valence electrons. The smallest absolute Gasteiger partial charge is 0.237 e. The second-order valence-electron chi connectivity index (χ2n) is 7.81. The molecule has 1 unspecified atom stereocenters. The minimum atomic E-state index is -0.307. The van der Waals surface area contributed by atoms with E-state index >= 15 is 0 Å². The number of ketones is 1. The number of nitrogens with zero attached hydrogens (tertiary/aromatic N) is 4. The summed E-state index contributed by atoms with van der Waals surface area (Å²) in [4.78, 5) is 26.4. The number of hydrogen-bond donors (Lipinski definition) is 1. The molecule has 0 spiro atoms. The first-order valence-electron chi connectivity index (χ1n) is 10.3. The second kappa shape index (κ2) is 8.57. The fraction of sp³-hybridized carbons (Fsp3) is 0.524. The molecule has 2 heterocycles. The zero-order valence-corrected chi connectivity index (χ0v) is 17.7. The van der Waals surface area contributed by atoms with Gasteiger partial charge in [-0.3, -0.25) is 14.2 Å². The van der Waals surface area contributed by atoms with E-state index in [0.717, 1.165) is 37.0 Å². The average molecular weight is 414 g/mol. The van der Waals surface area contributed by atoms with Crippen LogP contribution >= 0.6 is 11.8 Å². The number of hydrogen-bond acceptors (Lipinski definition) is 6. The Hall–Kier alpha value is -2.35. The number of rotatable bonds is 7. The van der Waals surface area contributed by atoms with Crippen LogP contribution in [0.3, 0.4) is 0 Å². The van der Waals surface area contributed by atoms with Crippen molar-refractivity contribution in [2.24, 2.45) is 0 Å². The van der Waals surface area contributed by atoms with Crippen LogP contribution in [0.15, 0.2) is 29.4 Å². The van der Waals surface area contributed by atoms with Crippen molar-refractivity contribution >= 4 is 35.1 Å². The predicted molar refractivity (Wildman–Crippen MR) is 115 cm³/mol. The molecule has 4 rings (SSSR count). The van der Waals surface area contributed by atoms with Crippen LogP contribution in [-0.2, 0) is 4.79 Å². The Morgan fingerprint density at radius 1 is 1.10 bits per heavy atom. The first kappa shape index (κ1) is 19.9. The van der Waals surface area contributed by atoms with Crippen molar-refractivity contribution in [3.8, 4) is 0 Å². The van der Waals surface area contributed by atoms with E-state index in [1.54, 1.807) is 24.3 Å². The molecule has 1 aliphatic heterocycles. The van der Waals surface area contributed by atoms with Gasteiger partial charge in [0, 0.05) is 30.4 Å². The molecule has 29 heavy (non-hydrogen) atoms. The molecule has 7 nitrogen and oxygen atoms in total. The standard InChI is InChI=1S/C21H27N5O2S/c1-14(27)16-6-8-17(9-7-16)22-19(28)15(2)29-21-24-23-20(26(21)18-10-11-18)25-12-4-3-5-13-25/h6-9,15,18H,3-5,10-13H2,1-2H3,(H,22,28). The summed E-state index contributed by atoms with van der Waals surface area (Å²) in [5, 5.41) is 12.3. The molecular weight excluding hydrogens is 386 g/mol. The molecule has 1 aromatic carbocycles. The van der Waals surface area contributed by atoms with Gasteiger partial charge in [0.1, 0.15) is 0 Å². The maximum absolute atomic E-state index is 12.7. The summed E-state index contributed by atoms with van der Waals surface area (Å²) in [6, 6.07) is 7.42. The van der Waals surface area contributed by atoms with E-state index in [0.29, 0.717) is 17.3 Å². The summed E-state index contributed by atoms with van der Waals surface area (Å²) in [6.45, 7) is 5.47. The highest BCUT2D eigenvalue weighted by Gasteiger charge is 2.33. The highest BCUT2D eigenvalue weighted by Crippen LogP contribution is 2.42. The Bertz CT molecular complexity index is 885. The molecule has 1 aromatic heterocycles. The van der Waals surface area contributed by atoms with Crippen molar-refractivity contribution in [1.82, 2.24) is 14.8 Å². The molecule has 2 fully saturated rings. The van der Waals surface area contributed by atoms with Crippen molar-refractivity contribution in [2.45, 2.75) is 62.4 Å². The zero-order valence-electron chi connectivity index (χ0n) is 16.9. The SMILES string of the molecule is CC(=O)c1ccc(NC(=O)C(C)Sc2nnc(N3CCCCC3)n2C2CC2)cc1. The lowest BCUT2D eigenvalue weighted by atomic mass is 10.1. The summed E-state index contributed by atoms with van der Waals surface area (Å²) >= 11 is 1.46. The molecule has 0 radical (unpaired) electrons. The summed E-state index contributed by atoms with van der Waals surface area (Å²) in [5.41, 5.74) is 1.32. The third-order valence-corrected chi connectivity index (χ3v) is 6.46. The third kappa shape index (κ3) is 4.63. The van der Waals surface area contributed by atoms with Gasteiger partial charge < -0.3 is 10.2 Å². The molecule has 1 amide bonds. The van der Waals surface area contributed by atoms with Gasteiger partial charge in [0.2, 0.25) is 11.9 Å². The van der Waals surface area contributed by atoms with E-state index in [9.17, 15) is 9.59 Å². The molecule has 1 N–H and O–H groups in total. The van der Waals surface area contributed by atoms with Crippen LogP contribution in [0.5, 0.6) is 0 Å². The monoisotopic (exact) mass is 413 g/mol. The normalized spacial score (nSPS) is 17.8. The molecule has 2 aromatic rings. The van der Waals surface area contributed by atoms with E-state index in [-0.39, 0.29) is 16.9 Å². The van der Waals surface area contributed by atoms with Crippen LogP contribution in [0.2, 0.25) is 0 Å². The van der Waals surface area contributed by atoms with Gasteiger partial charge in [0.25, 0.3) is 0 Å². The topological polar surface area (TPSA) is 80.1 Å². The van der Waals surface area contributed by atoms with Crippen LogP contribution in [0.25, 0.3) is 0 Å². The Kier molecular flexibility index (Phi) is 5.89. The van der Waals surface area contributed by atoms with Crippen molar-refractivity contribution in [3.63, 3.8) is 0 Å². The average Bonchev–Trinajstić information content (AvgIpc) is 3.49. The van der Waals surface area contributed by atoms with E-state index in [1.165, 1.54) is 37.9 Å². The van der Waals surface area contributed by atoms with E-state index in [4.69, 9.17) is 0 Å². The molecule has 1 aliphatic carbocycles. The number of amides is 1. The van der Waals surface area contributed by atoms with Crippen molar-refractivity contribution < 1.29 is 9.59 Å². The molecule has 1 saturated carbocycles. The van der Waals surface area contributed by atoms with Gasteiger partial charge >= 0.3 is 0 Å². The number of carbonyl (C=O) groups is 2. The summed E-state index contributed by atoms with van der Waals surface area (Å²) in [6.07, 6.45) is 5.97. The lowest BCUT2D eigenvalue weighted by Crippen LogP contribution is -2.32. The van der Waals surface area contributed by atoms with Gasteiger partial charge in [-0.25, -0.2) is 0 Å². The first-order valence-corrected chi connectivity index (χ1v) is 11.2. The molecule has 2 aliphatic rings.